The molecule has 0 bridgehead atoms. The van der Waals surface area contributed by atoms with Gasteiger partial charge in [0.25, 0.3) is 0 Å². The molecular weight excluding hydrogens is 210 g/mol. The normalized spacial score (nSPS) is 39.2. The molecule has 0 radical (unpaired) electrons. The number of piperazine rings is 1. The van der Waals surface area contributed by atoms with E-state index in [0.717, 1.165) is 18.6 Å². The van der Waals surface area contributed by atoms with Gasteiger partial charge >= 0.3 is 0 Å². The van der Waals surface area contributed by atoms with Crippen molar-refractivity contribution in [2.45, 2.75) is 57.2 Å². The van der Waals surface area contributed by atoms with Gasteiger partial charge in [0.15, 0.2) is 0 Å². The zero-order valence-corrected chi connectivity index (χ0v) is 11.4. The van der Waals surface area contributed by atoms with Gasteiger partial charge in [-0.3, -0.25) is 9.80 Å². The van der Waals surface area contributed by atoms with Gasteiger partial charge in [-0.05, 0) is 39.7 Å². The maximum Gasteiger partial charge on any atom is 0.0281 e. The summed E-state index contributed by atoms with van der Waals surface area (Å²) in [4.78, 5) is 5.56. The van der Waals surface area contributed by atoms with Crippen LogP contribution in [0.15, 0.2) is 0 Å². The van der Waals surface area contributed by atoms with Crippen LogP contribution in [-0.2, 0) is 0 Å². The summed E-state index contributed by atoms with van der Waals surface area (Å²) in [5, 5.41) is 3.55. The largest absolute Gasteiger partial charge is 0.314 e. The Morgan fingerprint density at radius 2 is 1.88 bits per heavy atom. The monoisotopic (exact) mass is 237 g/mol. The van der Waals surface area contributed by atoms with E-state index in [1.807, 2.05) is 0 Å². The van der Waals surface area contributed by atoms with Gasteiger partial charge in [-0.1, -0.05) is 6.42 Å². The fraction of sp³-hybridized carbons (Fsp3) is 1.00. The van der Waals surface area contributed by atoms with Crippen molar-refractivity contribution in [3.63, 3.8) is 0 Å². The average molecular weight is 237 g/mol. The van der Waals surface area contributed by atoms with Gasteiger partial charge in [-0.25, -0.2) is 0 Å². The minimum Gasteiger partial charge on any atom is -0.314 e. The summed E-state index contributed by atoms with van der Waals surface area (Å²) in [6.45, 7) is 11.1. The lowest BCUT2D eigenvalue weighted by atomic mass is 9.91. The van der Waals surface area contributed by atoms with Crippen LogP contribution in [0.5, 0.6) is 0 Å². The summed E-state index contributed by atoms with van der Waals surface area (Å²) < 4.78 is 0. The van der Waals surface area contributed by atoms with E-state index >= 15 is 0 Å². The number of hydrogen-bond acceptors (Lipinski definition) is 3. The van der Waals surface area contributed by atoms with Crippen molar-refractivity contribution in [2.75, 3.05) is 32.7 Å². The van der Waals surface area contributed by atoms with Gasteiger partial charge in [0, 0.05) is 43.8 Å². The van der Waals surface area contributed by atoms with Crippen molar-refractivity contribution in [3.05, 3.63) is 0 Å². The first kappa shape index (κ1) is 11.9. The number of fused-ring (bicyclic) bond motifs is 1. The Morgan fingerprint density at radius 1 is 1.00 bits per heavy atom. The molecule has 2 atom stereocenters. The maximum absolute atomic E-state index is 3.55. The molecule has 2 unspecified atom stereocenters. The fourth-order valence-electron chi connectivity index (χ4n) is 4.20. The predicted molar refractivity (Wildman–Crippen MR) is 71.3 cm³/mol. The van der Waals surface area contributed by atoms with Gasteiger partial charge in [0.1, 0.15) is 0 Å². The molecule has 3 heterocycles. The second kappa shape index (κ2) is 4.52. The molecule has 3 aliphatic heterocycles. The second-order valence-electron chi connectivity index (χ2n) is 6.64. The van der Waals surface area contributed by atoms with Gasteiger partial charge in [-0.15, -0.1) is 0 Å². The van der Waals surface area contributed by atoms with Gasteiger partial charge in [0.2, 0.25) is 0 Å². The smallest absolute Gasteiger partial charge is 0.0281 e. The standard InChI is InChI=1S/C14H27N3/c1-14(2)11-15-7-10-17(14)13-6-9-16-8-4-3-5-12(13)16/h12-13,15H,3-11H2,1-2H3. The van der Waals surface area contributed by atoms with E-state index in [-0.39, 0.29) is 0 Å². The molecule has 0 amide bonds. The molecule has 98 valence electrons. The van der Waals surface area contributed by atoms with E-state index in [4.69, 9.17) is 0 Å². The van der Waals surface area contributed by atoms with Crippen molar-refractivity contribution in [3.8, 4) is 0 Å². The summed E-state index contributed by atoms with van der Waals surface area (Å²) in [7, 11) is 0. The minimum absolute atomic E-state index is 0.344. The molecule has 3 rings (SSSR count). The van der Waals surface area contributed by atoms with Crippen molar-refractivity contribution in [1.29, 1.82) is 0 Å². The Hall–Kier alpha value is -0.120. The van der Waals surface area contributed by atoms with Crippen LogP contribution < -0.4 is 5.32 Å². The Kier molecular flexibility index (Phi) is 3.18. The highest BCUT2D eigenvalue weighted by atomic mass is 15.3. The van der Waals surface area contributed by atoms with E-state index < -0.39 is 0 Å². The molecule has 0 aromatic heterocycles. The van der Waals surface area contributed by atoms with Crippen LogP contribution in [0.2, 0.25) is 0 Å². The molecule has 0 aromatic carbocycles. The lowest BCUT2D eigenvalue weighted by molar-refractivity contribution is 0.0201. The lowest BCUT2D eigenvalue weighted by Crippen LogP contribution is -2.63. The van der Waals surface area contributed by atoms with Crippen LogP contribution in [-0.4, -0.2) is 60.1 Å². The topological polar surface area (TPSA) is 18.5 Å². The fourth-order valence-corrected chi connectivity index (χ4v) is 4.20. The van der Waals surface area contributed by atoms with Crippen molar-refractivity contribution < 1.29 is 0 Å². The second-order valence-corrected chi connectivity index (χ2v) is 6.64. The van der Waals surface area contributed by atoms with Gasteiger partial charge in [-0.2, -0.15) is 0 Å². The summed E-state index contributed by atoms with van der Waals surface area (Å²) >= 11 is 0. The summed E-state index contributed by atoms with van der Waals surface area (Å²) in [6.07, 6.45) is 5.71. The number of nitrogens with zero attached hydrogens (tertiary/aromatic N) is 2. The third-order valence-corrected chi connectivity index (χ3v) is 5.09. The van der Waals surface area contributed by atoms with Crippen molar-refractivity contribution >= 4 is 0 Å². The van der Waals surface area contributed by atoms with Crippen LogP contribution in [0, 0.1) is 0 Å². The number of rotatable bonds is 1. The summed E-state index contributed by atoms with van der Waals surface area (Å²) in [5.74, 6) is 0. The molecule has 0 aliphatic carbocycles. The third-order valence-electron chi connectivity index (χ3n) is 5.09. The highest BCUT2D eigenvalue weighted by molar-refractivity contribution is 5.01. The lowest BCUT2D eigenvalue weighted by Gasteiger charge is -2.49. The van der Waals surface area contributed by atoms with Gasteiger partial charge < -0.3 is 5.32 Å². The highest BCUT2D eigenvalue weighted by Crippen LogP contribution is 2.34. The molecular formula is C14H27N3. The van der Waals surface area contributed by atoms with Crippen LogP contribution >= 0.6 is 0 Å². The molecule has 0 spiro atoms. The first-order valence-electron chi connectivity index (χ1n) is 7.40. The summed E-state index contributed by atoms with van der Waals surface area (Å²) in [5.41, 5.74) is 0.344. The molecule has 3 heteroatoms. The van der Waals surface area contributed by atoms with Gasteiger partial charge in [0.05, 0.1) is 0 Å². The number of hydrogen-bond donors (Lipinski definition) is 1. The molecule has 3 fully saturated rings. The molecule has 17 heavy (non-hydrogen) atoms. The van der Waals surface area contributed by atoms with E-state index in [0.29, 0.717) is 5.54 Å². The first-order valence-corrected chi connectivity index (χ1v) is 7.40. The Morgan fingerprint density at radius 3 is 2.71 bits per heavy atom. The van der Waals surface area contributed by atoms with Crippen molar-refractivity contribution in [1.82, 2.24) is 15.1 Å². The SMILES string of the molecule is CC1(C)CNCCN1C1CCN2CCCCC12. The average Bonchev–Trinajstić information content (AvgIpc) is 2.72. The van der Waals surface area contributed by atoms with Crippen LogP contribution in [0.4, 0.5) is 0 Å². The van der Waals surface area contributed by atoms with E-state index in [1.165, 1.54) is 51.9 Å². The van der Waals surface area contributed by atoms with Crippen LogP contribution in [0.1, 0.15) is 39.5 Å². The zero-order chi connectivity index (χ0) is 11.9. The molecule has 3 aliphatic rings. The molecule has 0 saturated carbocycles. The van der Waals surface area contributed by atoms with Crippen molar-refractivity contribution in [2.24, 2.45) is 0 Å². The molecule has 0 aromatic rings. The predicted octanol–water partition coefficient (Wildman–Crippen LogP) is 1.30. The van der Waals surface area contributed by atoms with E-state index in [1.54, 1.807) is 0 Å². The molecule has 1 N–H and O–H groups in total. The quantitative estimate of drug-likeness (QED) is 0.741. The summed E-state index contributed by atoms with van der Waals surface area (Å²) in [6, 6.07) is 1.69. The number of nitrogens with one attached hydrogen (secondary N) is 1. The minimum atomic E-state index is 0.344. The maximum atomic E-state index is 3.55. The van der Waals surface area contributed by atoms with E-state index in [9.17, 15) is 0 Å². The van der Waals surface area contributed by atoms with Crippen LogP contribution in [0.3, 0.4) is 0 Å². The third kappa shape index (κ3) is 2.13. The van der Waals surface area contributed by atoms with E-state index in [2.05, 4.69) is 29.0 Å². The molecule has 3 nitrogen and oxygen atoms in total. The van der Waals surface area contributed by atoms with Crippen LogP contribution in [0.25, 0.3) is 0 Å². The Labute approximate surface area is 106 Å². The number of piperidine rings is 1. The molecule has 3 saturated heterocycles. The first-order chi connectivity index (χ1) is 8.18. The Balaban J connectivity index is 1.74. The Bertz CT molecular complexity index is 277. The highest BCUT2D eigenvalue weighted by Gasteiger charge is 2.43. The zero-order valence-electron chi connectivity index (χ0n) is 11.4.